The van der Waals surface area contributed by atoms with E-state index in [-0.39, 0.29) is 6.04 Å². The van der Waals surface area contributed by atoms with Gasteiger partial charge < -0.3 is 0 Å². The molecule has 0 N–H and O–H groups in total. The molecule has 0 fully saturated rings. The highest BCUT2D eigenvalue weighted by molar-refractivity contribution is 7.11. The van der Waals surface area contributed by atoms with Crippen LogP contribution in [-0.4, -0.2) is 0 Å². The van der Waals surface area contributed by atoms with Gasteiger partial charge in [-0.25, -0.2) is 0 Å². The molecule has 0 aliphatic carbocycles. The van der Waals surface area contributed by atoms with Gasteiger partial charge in [-0.15, -0.1) is 27.6 Å². The highest BCUT2D eigenvalue weighted by Gasteiger charge is 2.15. The number of hydrogen-bond donors (Lipinski definition) is 0. The topological polar surface area (TPSA) is 29.4 Å². The second-order valence-corrected chi connectivity index (χ2v) is 4.50. The van der Waals surface area contributed by atoms with Crippen LogP contribution >= 0.6 is 22.7 Å². The molecule has 2 aromatic heterocycles. The molecule has 0 aromatic carbocycles. The molecule has 0 radical (unpaired) electrons. The molecule has 2 nitrogen and oxygen atoms in total. The quantitative estimate of drug-likeness (QED) is 0.709. The summed E-state index contributed by atoms with van der Waals surface area (Å²) >= 11 is 3.13. The maximum Gasteiger partial charge on any atom is 0.160 e. The standard InChI is InChI=1S/C9H7NOS2/c11-10-9(7-3-1-5-12-7)8-4-2-6-13-8/h1-6,9H. The van der Waals surface area contributed by atoms with Crippen LogP contribution in [0.4, 0.5) is 0 Å². The van der Waals surface area contributed by atoms with E-state index in [2.05, 4.69) is 5.18 Å². The highest BCUT2D eigenvalue weighted by Crippen LogP contribution is 2.31. The van der Waals surface area contributed by atoms with Crippen LogP contribution in [0.1, 0.15) is 15.8 Å². The summed E-state index contributed by atoms with van der Waals surface area (Å²) in [6, 6.07) is 7.45. The molecule has 2 rings (SSSR count). The third kappa shape index (κ3) is 1.68. The highest BCUT2D eigenvalue weighted by atomic mass is 32.1. The van der Waals surface area contributed by atoms with E-state index in [1.807, 2.05) is 35.0 Å². The monoisotopic (exact) mass is 209 g/mol. The minimum atomic E-state index is -0.306. The van der Waals surface area contributed by atoms with E-state index in [9.17, 15) is 4.91 Å². The molecule has 0 atom stereocenters. The molecular weight excluding hydrogens is 202 g/mol. The molecule has 0 aliphatic heterocycles. The lowest BCUT2D eigenvalue weighted by Crippen LogP contribution is -1.89. The molecule has 0 unspecified atom stereocenters. The zero-order valence-corrected chi connectivity index (χ0v) is 8.35. The van der Waals surface area contributed by atoms with Crippen LogP contribution in [0.5, 0.6) is 0 Å². The van der Waals surface area contributed by atoms with Gasteiger partial charge in [0.15, 0.2) is 6.04 Å². The zero-order chi connectivity index (χ0) is 9.10. The predicted octanol–water partition coefficient (Wildman–Crippen LogP) is 3.67. The second kappa shape index (κ2) is 3.81. The van der Waals surface area contributed by atoms with Gasteiger partial charge in [-0.05, 0) is 22.9 Å². The maximum absolute atomic E-state index is 10.7. The summed E-state index contributed by atoms with van der Waals surface area (Å²) in [5, 5.41) is 7.06. The van der Waals surface area contributed by atoms with Crippen molar-refractivity contribution in [1.82, 2.24) is 0 Å². The van der Waals surface area contributed by atoms with Crippen molar-refractivity contribution in [3.63, 3.8) is 0 Å². The summed E-state index contributed by atoms with van der Waals surface area (Å²) < 4.78 is 0. The smallest absolute Gasteiger partial charge is 0.150 e. The fraction of sp³-hybridized carbons (Fsp3) is 0.111. The summed E-state index contributed by atoms with van der Waals surface area (Å²) in [5.74, 6) is 0. The first-order valence-corrected chi connectivity index (χ1v) is 5.57. The maximum atomic E-state index is 10.7. The minimum absolute atomic E-state index is 0.306. The zero-order valence-electron chi connectivity index (χ0n) is 6.71. The van der Waals surface area contributed by atoms with Crippen molar-refractivity contribution >= 4 is 22.7 Å². The Morgan fingerprint density at radius 2 is 1.62 bits per heavy atom. The molecule has 0 bridgehead atoms. The molecular formula is C9H7NOS2. The number of rotatable bonds is 3. The third-order valence-electron chi connectivity index (χ3n) is 1.73. The van der Waals surface area contributed by atoms with Gasteiger partial charge in [-0.1, -0.05) is 17.3 Å². The fourth-order valence-corrected chi connectivity index (χ4v) is 2.75. The van der Waals surface area contributed by atoms with E-state index >= 15 is 0 Å². The number of hydrogen-bond acceptors (Lipinski definition) is 4. The van der Waals surface area contributed by atoms with Crippen LogP contribution < -0.4 is 0 Å². The lowest BCUT2D eigenvalue weighted by Gasteiger charge is -2.02. The van der Waals surface area contributed by atoms with E-state index in [4.69, 9.17) is 0 Å². The molecule has 2 aromatic rings. The Morgan fingerprint density at radius 1 is 1.08 bits per heavy atom. The van der Waals surface area contributed by atoms with E-state index in [1.165, 1.54) is 0 Å². The third-order valence-corrected chi connectivity index (χ3v) is 3.58. The van der Waals surface area contributed by atoms with Crippen molar-refractivity contribution in [3.05, 3.63) is 49.7 Å². The Morgan fingerprint density at radius 3 is 1.92 bits per heavy atom. The summed E-state index contributed by atoms with van der Waals surface area (Å²) in [7, 11) is 0. The van der Waals surface area contributed by atoms with Gasteiger partial charge in [-0.2, -0.15) is 0 Å². The Balaban J connectivity index is 2.35. The van der Waals surface area contributed by atoms with Crippen LogP contribution in [0, 0.1) is 4.91 Å². The molecule has 13 heavy (non-hydrogen) atoms. The van der Waals surface area contributed by atoms with E-state index in [0.29, 0.717) is 0 Å². The molecule has 4 heteroatoms. The molecule has 0 saturated heterocycles. The first-order chi connectivity index (χ1) is 6.42. The predicted molar refractivity (Wildman–Crippen MR) is 56.3 cm³/mol. The Hall–Kier alpha value is -1.00. The Kier molecular flexibility index (Phi) is 2.52. The Labute approximate surface area is 83.8 Å². The Bertz CT molecular complexity index is 332. The van der Waals surface area contributed by atoms with Crippen molar-refractivity contribution < 1.29 is 0 Å². The van der Waals surface area contributed by atoms with Gasteiger partial charge in [0.2, 0.25) is 0 Å². The summed E-state index contributed by atoms with van der Waals surface area (Å²) in [6.07, 6.45) is 0. The van der Waals surface area contributed by atoms with Gasteiger partial charge in [0.1, 0.15) is 0 Å². The van der Waals surface area contributed by atoms with Crippen LogP contribution in [0.15, 0.2) is 40.2 Å². The number of nitroso groups, excluding NO2 is 1. The van der Waals surface area contributed by atoms with Gasteiger partial charge in [0, 0.05) is 9.75 Å². The average molecular weight is 209 g/mol. The lowest BCUT2D eigenvalue weighted by molar-refractivity contribution is 0.907. The number of nitrogens with zero attached hydrogens (tertiary/aromatic N) is 1. The summed E-state index contributed by atoms with van der Waals surface area (Å²) in [5.41, 5.74) is 0. The molecule has 66 valence electrons. The lowest BCUT2D eigenvalue weighted by atomic mass is 10.2. The SMILES string of the molecule is O=NC(c1cccs1)c1cccs1. The van der Waals surface area contributed by atoms with Crippen molar-refractivity contribution in [1.29, 1.82) is 0 Å². The summed E-state index contributed by atoms with van der Waals surface area (Å²) in [4.78, 5) is 12.7. The largest absolute Gasteiger partial charge is 0.160 e. The first-order valence-electron chi connectivity index (χ1n) is 3.81. The van der Waals surface area contributed by atoms with E-state index in [1.54, 1.807) is 22.7 Å². The molecule has 0 saturated carbocycles. The average Bonchev–Trinajstić information content (AvgIpc) is 2.76. The van der Waals surface area contributed by atoms with Crippen molar-refractivity contribution in [3.8, 4) is 0 Å². The molecule has 2 heterocycles. The van der Waals surface area contributed by atoms with Gasteiger partial charge in [0.25, 0.3) is 0 Å². The van der Waals surface area contributed by atoms with Crippen LogP contribution in [0.3, 0.4) is 0 Å². The van der Waals surface area contributed by atoms with Crippen LogP contribution in [0.2, 0.25) is 0 Å². The molecule has 0 amide bonds. The minimum Gasteiger partial charge on any atom is -0.150 e. The van der Waals surface area contributed by atoms with Crippen molar-refractivity contribution in [2.75, 3.05) is 0 Å². The summed E-state index contributed by atoms with van der Waals surface area (Å²) in [6.45, 7) is 0. The second-order valence-electron chi connectivity index (χ2n) is 2.54. The van der Waals surface area contributed by atoms with Crippen LogP contribution in [-0.2, 0) is 0 Å². The van der Waals surface area contributed by atoms with Gasteiger partial charge in [-0.3, -0.25) is 0 Å². The first kappa shape index (κ1) is 8.59. The number of thiophene rings is 2. The van der Waals surface area contributed by atoms with Crippen molar-refractivity contribution in [2.24, 2.45) is 5.18 Å². The van der Waals surface area contributed by atoms with Crippen molar-refractivity contribution in [2.45, 2.75) is 6.04 Å². The molecule has 0 spiro atoms. The van der Waals surface area contributed by atoms with Crippen LogP contribution in [0.25, 0.3) is 0 Å². The van der Waals surface area contributed by atoms with E-state index in [0.717, 1.165) is 9.75 Å². The van der Waals surface area contributed by atoms with Gasteiger partial charge in [0.05, 0.1) is 0 Å². The normalized spacial score (nSPS) is 10.5. The molecule has 0 aliphatic rings. The fourth-order valence-electron chi connectivity index (χ4n) is 1.14. The van der Waals surface area contributed by atoms with Gasteiger partial charge >= 0.3 is 0 Å². The van der Waals surface area contributed by atoms with E-state index < -0.39 is 0 Å².